The number of rotatable bonds is 3. The second kappa shape index (κ2) is 8.74. The summed E-state index contributed by atoms with van der Waals surface area (Å²) in [4.78, 5) is 7.82. The van der Waals surface area contributed by atoms with Gasteiger partial charge in [0.25, 0.3) is 0 Å². The first kappa shape index (κ1) is 24.6. The van der Waals surface area contributed by atoms with Crippen LogP contribution in [-0.4, -0.2) is 26.1 Å². The van der Waals surface area contributed by atoms with Crippen LogP contribution in [-0.2, 0) is 12.5 Å². The molecule has 2 heterocycles. The van der Waals surface area contributed by atoms with Crippen LogP contribution in [0.25, 0.3) is 33.7 Å². The van der Waals surface area contributed by atoms with Gasteiger partial charge in [-0.1, -0.05) is 56.6 Å². The van der Waals surface area contributed by atoms with Gasteiger partial charge in [-0.15, -0.1) is 13.2 Å². The van der Waals surface area contributed by atoms with Crippen LogP contribution in [0.15, 0.2) is 42.5 Å². The van der Waals surface area contributed by atoms with Gasteiger partial charge in [0.15, 0.2) is 5.82 Å². The Morgan fingerprint density at radius 2 is 1.78 bits per heavy atom. The third-order valence-corrected chi connectivity index (χ3v) is 5.19. The number of ether oxygens (including phenoxy) is 1. The first-order chi connectivity index (χ1) is 14.4. The molecule has 0 spiro atoms. The van der Waals surface area contributed by atoms with E-state index in [1.807, 2.05) is 20.8 Å². The van der Waals surface area contributed by atoms with Crippen LogP contribution in [0.5, 0.6) is 5.75 Å². The summed E-state index contributed by atoms with van der Waals surface area (Å²) in [5, 5.41) is 5.05. The molecule has 2 aromatic carbocycles. The van der Waals surface area contributed by atoms with Crippen LogP contribution in [0.1, 0.15) is 27.9 Å². The van der Waals surface area contributed by atoms with E-state index in [0.717, 1.165) is 5.69 Å². The van der Waals surface area contributed by atoms with Crippen LogP contribution in [0.3, 0.4) is 0 Å². The molecule has 0 aliphatic heterocycles. The van der Waals surface area contributed by atoms with Crippen molar-refractivity contribution in [3.05, 3.63) is 53.2 Å². The molecule has 0 aliphatic rings. The van der Waals surface area contributed by atoms with E-state index < -0.39 is 6.36 Å². The van der Waals surface area contributed by atoms with E-state index in [1.165, 1.54) is 12.1 Å². The fourth-order valence-electron chi connectivity index (χ4n) is 3.44. The average Bonchev–Trinajstić information content (AvgIpc) is 3.19. The molecular formula is C22H21ClF3N4NaO. The van der Waals surface area contributed by atoms with Crippen molar-refractivity contribution in [3.63, 3.8) is 0 Å². The van der Waals surface area contributed by atoms with Gasteiger partial charge < -0.3 is 11.1 Å². The molecule has 0 saturated carbocycles. The van der Waals surface area contributed by atoms with E-state index in [2.05, 4.69) is 19.8 Å². The number of aryl methyl sites for hydroxylation is 1. The van der Waals surface area contributed by atoms with Gasteiger partial charge >= 0.3 is 35.9 Å². The monoisotopic (exact) mass is 472 g/mol. The normalized spacial score (nSPS) is 12.1. The van der Waals surface area contributed by atoms with E-state index in [-0.39, 0.29) is 42.1 Å². The van der Waals surface area contributed by atoms with Gasteiger partial charge in [0, 0.05) is 18.0 Å². The zero-order chi connectivity index (χ0) is 22.6. The molecule has 4 aromatic rings. The van der Waals surface area contributed by atoms with Crippen LogP contribution in [0, 0.1) is 0 Å². The number of para-hydroxylation sites is 1. The number of fused-ring (bicyclic) bond motifs is 1. The molecule has 0 radical (unpaired) electrons. The third-order valence-electron chi connectivity index (χ3n) is 4.83. The predicted octanol–water partition coefficient (Wildman–Crippen LogP) is 3.60. The molecule has 0 saturated heterocycles. The smallest absolute Gasteiger partial charge is 1.00 e. The number of nitrogens with zero attached hydrogens (tertiary/aromatic N) is 3. The fraction of sp³-hybridized carbons (Fsp3) is 0.273. The Labute approximate surface area is 211 Å². The molecule has 164 valence electrons. The summed E-state index contributed by atoms with van der Waals surface area (Å²) in [7, 11) is 1.79. The summed E-state index contributed by atoms with van der Waals surface area (Å²) in [5.41, 5.74) is 3.36. The minimum absolute atomic E-state index is 0. The number of halogens is 4. The van der Waals surface area contributed by atoms with E-state index in [4.69, 9.17) is 11.6 Å². The van der Waals surface area contributed by atoms with E-state index in [1.54, 1.807) is 42.1 Å². The Bertz CT molecular complexity index is 1280. The maximum Gasteiger partial charge on any atom is 1.00 e. The fourth-order valence-corrected chi connectivity index (χ4v) is 3.98. The van der Waals surface area contributed by atoms with Crippen LogP contribution < -0.4 is 34.3 Å². The van der Waals surface area contributed by atoms with Gasteiger partial charge in [-0.05, 0) is 23.8 Å². The number of hydrogen-bond acceptors (Lipinski definition) is 3. The molecule has 1 N–H and O–H groups in total. The molecule has 0 aliphatic carbocycles. The van der Waals surface area contributed by atoms with E-state index in [9.17, 15) is 13.2 Å². The van der Waals surface area contributed by atoms with Gasteiger partial charge in [0.05, 0.1) is 21.7 Å². The summed E-state index contributed by atoms with van der Waals surface area (Å²) >= 11 is 6.62. The number of benzene rings is 2. The molecule has 0 fully saturated rings. The molecule has 0 atom stereocenters. The number of aromatic nitrogens is 4. The summed E-state index contributed by atoms with van der Waals surface area (Å²) < 4.78 is 44.2. The molecule has 0 unspecified atom stereocenters. The van der Waals surface area contributed by atoms with E-state index >= 15 is 0 Å². The first-order valence-corrected chi connectivity index (χ1v) is 9.90. The zero-order valence-corrected chi connectivity index (χ0v) is 21.1. The first-order valence-electron chi connectivity index (χ1n) is 9.52. The largest absolute Gasteiger partial charge is 1.00 e. The predicted molar refractivity (Wildman–Crippen MR) is 115 cm³/mol. The Kier molecular flexibility index (Phi) is 6.73. The Balaban J connectivity index is 0.00000193. The molecule has 0 amide bonds. The van der Waals surface area contributed by atoms with Crippen molar-refractivity contribution in [3.8, 4) is 28.4 Å². The summed E-state index contributed by atoms with van der Waals surface area (Å²) in [5.74, 6) is 0.265. The summed E-state index contributed by atoms with van der Waals surface area (Å²) in [6.45, 7) is 6.07. The van der Waals surface area contributed by atoms with Crippen LogP contribution in [0.4, 0.5) is 13.2 Å². The van der Waals surface area contributed by atoms with Gasteiger partial charge in [0.2, 0.25) is 0 Å². The van der Waals surface area contributed by atoms with Gasteiger partial charge in [0.1, 0.15) is 11.4 Å². The number of hydrogen-bond donors (Lipinski definition) is 1. The Hall–Kier alpha value is -2.00. The topological polar surface area (TPSA) is 55.7 Å². The molecule has 4 rings (SSSR count). The molecule has 5 nitrogen and oxygen atoms in total. The second-order valence-corrected chi connectivity index (χ2v) is 8.62. The molecule has 10 heteroatoms. The van der Waals surface area contributed by atoms with Gasteiger partial charge in [-0.2, -0.15) is 5.10 Å². The SMILES string of the molecule is Cn1nc(C(C)(C)C)c(Cl)c1-c1nc2ccc(-c3ccccc3OC(F)(F)F)cc2[nH]1.[H-].[Na+]. The standard InChI is InChI=1S/C22H20ClF3N4O.Na.H/c1-21(2,3)19-17(23)18(30(4)29-19)20-27-14-10-9-12(11-15(14)28-20)13-7-5-6-8-16(13)31-22(24,25)26;;/h5-11H,1-4H3,(H,27,28);;/q;+1;-1. The molecule has 32 heavy (non-hydrogen) atoms. The molecule has 2 aromatic heterocycles. The van der Waals surface area contributed by atoms with E-state index in [0.29, 0.717) is 38.7 Å². The van der Waals surface area contributed by atoms with Crippen LogP contribution >= 0.6 is 11.6 Å². The number of alkyl halides is 3. The maximum absolute atomic E-state index is 12.8. The van der Waals surface area contributed by atoms with Gasteiger partial charge in [-0.25, -0.2) is 4.98 Å². The van der Waals surface area contributed by atoms with Crippen molar-refractivity contribution in [2.24, 2.45) is 7.05 Å². The van der Waals surface area contributed by atoms with Crippen molar-refractivity contribution >= 4 is 22.6 Å². The van der Waals surface area contributed by atoms with Crippen molar-refractivity contribution < 1.29 is 48.9 Å². The number of H-pyrrole nitrogens is 1. The minimum atomic E-state index is -4.78. The van der Waals surface area contributed by atoms with Crippen molar-refractivity contribution in [1.29, 1.82) is 0 Å². The average molecular weight is 473 g/mol. The quantitative estimate of drug-likeness (QED) is 0.464. The second-order valence-electron chi connectivity index (χ2n) is 8.25. The number of aromatic amines is 1. The Morgan fingerprint density at radius 1 is 1.09 bits per heavy atom. The number of nitrogens with one attached hydrogen (secondary N) is 1. The summed E-state index contributed by atoms with van der Waals surface area (Å²) in [6.07, 6.45) is -4.78. The minimum Gasteiger partial charge on any atom is -1.00 e. The molecule has 0 bridgehead atoms. The van der Waals surface area contributed by atoms with Crippen molar-refractivity contribution in [2.45, 2.75) is 32.5 Å². The van der Waals surface area contributed by atoms with Crippen LogP contribution in [0.2, 0.25) is 5.02 Å². The summed E-state index contributed by atoms with van der Waals surface area (Å²) in [6, 6.07) is 11.2. The zero-order valence-electron chi connectivity index (χ0n) is 19.3. The van der Waals surface area contributed by atoms with Crippen molar-refractivity contribution in [2.75, 3.05) is 0 Å². The third kappa shape index (κ3) is 4.83. The molecular weight excluding hydrogens is 452 g/mol. The Morgan fingerprint density at radius 3 is 2.41 bits per heavy atom. The number of imidazole rings is 1. The maximum atomic E-state index is 12.8. The van der Waals surface area contributed by atoms with Crippen molar-refractivity contribution in [1.82, 2.24) is 19.7 Å². The van der Waals surface area contributed by atoms with Gasteiger partial charge in [-0.3, -0.25) is 4.68 Å².